The summed E-state index contributed by atoms with van der Waals surface area (Å²) in [7, 11) is 0. The lowest BCUT2D eigenvalue weighted by Gasteiger charge is -2.33. The van der Waals surface area contributed by atoms with Crippen molar-refractivity contribution in [1.82, 2.24) is 4.90 Å². The first-order chi connectivity index (χ1) is 14.2. The molecule has 0 radical (unpaired) electrons. The van der Waals surface area contributed by atoms with Crippen LogP contribution in [0.1, 0.15) is 37.3 Å². The zero-order valence-electron chi connectivity index (χ0n) is 17.2. The average Bonchev–Trinajstić information content (AvgIpc) is 3.16. The van der Waals surface area contributed by atoms with Crippen LogP contribution in [-0.2, 0) is 22.4 Å². The van der Waals surface area contributed by atoms with Crippen molar-refractivity contribution in [3.8, 4) is 0 Å². The number of carbonyl (C=O) groups is 2. The first-order valence-corrected chi connectivity index (χ1v) is 10.9. The van der Waals surface area contributed by atoms with Crippen LogP contribution in [0.15, 0.2) is 54.6 Å². The van der Waals surface area contributed by atoms with E-state index in [4.69, 9.17) is 0 Å². The summed E-state index contributed by atoms with van der Waals surface area (Å²) in [4.78, 5) is 29.6. The Bertz CT molecular complexity index is 856. The minimum absolute atomic E-state index is 0.0724. The van der Waals surface area contributed by atoms with Gasteiger partial charge >= 0.3 is 0 Å². The lowest BCUT2D eigenvalue weighted by molar-refractivity contribution is -0.137. The number of piperidine rings is 1. The third-order valence-corrected chi connectivity index (χ3v) is 6.43. The first kappa shape index (κ1) is 19.7. The van der Waals surface area contributed by atoms with Gasteiger partial charge in [0.25, 0.3) is 0 Å². The summed E-state index contributed by atoms with van der Waals surface area (Å²) in [5.74, 6) is 0.661. The minimum Gasteiger partial charge on any atom is -0.342 e. The van der Waals surface area contributed by atoms with Crippen LogP contribution < -0.4 is 4.90 Å². The van der Waals surface area contributed by atoms with Crippen LogP contribution in [0.2, 0.25) is 0 Å². The number of aryl methyl sites for hydroxylation is 1. The van der Waals surface area contributed by atoms with Gasteiger partial charge in [-0.15, -0.1) is 0 Å². The highest BCUT2D eigenvalue weighted by atomic mass is 16.2. The number of amides is 2. The van der Waals surface area contributed by atoms with Gasteiger partial charge in [0.1, 0.15) is 0 Å². The summed E-state index contributed by atoms with van der Waals surface area (Å²) in [6.07, 6.45) is 4.40. The van der Waals surface area contributed by atoms with E-state index >= 15 is 0 Å². The molecule has 2 aromatic rings. The lowest BCUT2D eigenvalue weighted by Crippen LogP contribution is -2.42. The van der Waals surface area contributed by atoms with Crippen LogP contribution in [-0.4, -0.2) is 36.3 Å². The van der Waals surface area contributed by atoms with Crippen molar-refractivity contribution in [2.45, 2.75) is 39.0 Å². The Morgan fingerprint density at radius 2 is 1.69 bits per heavy atom. The lowest BCUT2D eigenvalue weighted by atomic mass is 9.89. The average molecular weight is 391 g/mol. The molecule has 2 aromatic carbocycles. The second kappa shape index (κ2) is 8.81. The third-order valence-electron chi connectivity index (χ3n) is 6.43. The Morgan fingerprint density at radius 3 is 2.41 bits per heavy atom. The molecule has 4 nitrogen and oxygen atoms in total. The number of hydrogen-bond donors (Lipinski definition) is 0. The summed E-state index contributed by atoms with van der Waals surface area (Å²) in [6.45, 7) is 4.24. The summed E-state index contributed by atoms with van der Waals surface area (Å²) in [6, 6.07) is 18.6. The van der Waals surface area contributed by atoms with Gasteiger partial charge in [-0.3, -0.25) is 9.59 Å². The highest BCUT2D eigenvalue weighted by Gasteiger charge is 2.38. The SMILES string of the molecule is CCc1ccccc1N1CC(C(=O)N2CCC(Cc3ccccc3)CC2)CC1=O. The van der Waals surface area contributed by atoms with Crippen molar-refractivity contribution >= 4 is 17.5 Å². The molecule has 2 saturated heterocycles. The van der Waals surface area contributed by atoms with Crippen LogP contribution in [0.4, 0.5) is 5.69 Å². The van der Waals surface area contributed by atoms with Gasteiger partial charge < -0.3 is 9.80 Å². The molecule has 29 heavy (non-hydrogen) atoms. The van der Waals surface area contributed by atoms with Crippen LogP contribution in [0.25, 0.3) is 0 Å². The number of benzene rings is 2. The molecule has 0 N–H and O–H groups in total. The summed E-state index contributed by atoms with van der Waals surface area (Å²) >= 11 is 0. The molecule has 1 atom stereocenters. The van der Waals surface area contributed by atoms with E-state index in [9.17, 15) is 9.59 Å². The monoisotopic (exact) mass is 390 g/mol. The molecule has 0 aromatic heterocycles. The second-order valence-corrected chi connectivity index (χ2v) is 8.35. The zero-order chi connectivity index (χ0) is 20.2. The van der Waals surface area contributed by atoms with Gasteiger partial charge in [-0.2, -0.15) is 0 Å². The topological polar surface area (TPSA) is 40.6 Å². The number of para-hydroxylation sites is 1. The van der Waals surface area contributed by atoms with E-state index in [0.717, 1.165) is 50.0 Å². The van der Waals surface area contributed by atoms with Crippen molar-refractivity contribution in [3.05, 3.63) is 65.7 Å². The van der Waals surface area contributed by atoms with Crippen molar-refractivity contribution in [2.24, 2.45) is 11.8 Å². The predicted molar refractivity (Wildman–Crippen MR) is 116 cm³/mol. The van der Waals surface area contributed by atoms with E-state index in [0.29, 0.717) is 18.9 Å². The number of likely N-dealkylation sites (tertiary alicyclic amines) is 1. The van der Waals surface area contributed by atoms with Crippen molar-refractivity contribution in [2.75, 3.05) is 24.5 Å². The van der Waals surface area contributed by atoms with E-state index in [-0.39, 0.29) is 17.7 Å². The van der Waals surface area contributed by atoms with E-state index in [1.165, 1.54) is 5.56 Å². The Hall–Kier alpha value is -2.62. The molecular weight excluding hydrogens is 360 g/mol. The smallest absolute Gasteiger partial charge is 0.228 e. The Kier molecular flexibility index (Phi) is 5.98. The summed E-state index contributed by atoms with van der Waals surface area (Å²) < 4.78 is 0. The molecule has 0 saturated carbocycles. The molecule has 2 amide bonds. The maximum Gasteiger partial charge on any atom is 0.228 e. The number of rotatable bonds is 5. The van der Waals surface area contributed by atoms with Gasteiger partial charge in [-0.1, -0.05) is 55.5 Å². The predicted octanol–water partition coefficient (Wildman–Crippen LogP) is 4.08. The molecule has 1 unspecified atom stereocenters. The fourth-order valence-corrected chi connectivity index (χ4v) is 4.74. The van der Waals surface area contributed by atoms with E-state index in [2.05, 4.69) is 43.3 Å². The number of nitrogens with zero attached hydrogens (tertiary/aromatic N) is 2. The molecule has 2 fully saturated rings. The van der Waals surface area contributed by atoms with Crippen molar-refractivity contribution < 1.29 is 9.59 Å². The van der Waals surface area contributed by atoms with Gasteiger partial charge in [-0.05, 0) is 48.8 Å². The van der Waals surface area contributed by atoms with E-state index in [1.807, 2.05) is 28.0 Å². The molecule has 0 bridgehead atoms. The maximum atomic E-state index is 13.1. The highest BCUT2D eigenvalue weighted by molar-refractivity contribution is 6.00. The normalized spacial score (nSPS) is 20.3. The highest BCUT2D eigenvalue weighted by Crippen LogP contribution is 2.30. The van der Waals surface area contributed by atoms with Crippen molar-refractivity contribution in [1.29, 1.82) is 0 Å². The zero-order valence-corrected chi connectivity index (χ0v) is 17.2. The van der Waals surface area contributed by atoms with Crippen LogP contribution in [0.3, 0.4) is 0 Å². The molecular formula is C25H30N2O2. The van der Waals surface area contributed by atoms with Crippen LogP contribution >= 0.6 is 0 Å². The molecule has 152 valence electrons. The molecule has 2 aliphatic rings. The maximum absolute atomic E-state index is 13.1. The molecule has 4 rings (SSSR count). The fraction of sp³-hybridized carbons (Fsp3) is 0.440. The fourth-order valence-electron chi connectivity index (χ4n) is 4.74. The largest absolute Gasteiger partial charge is 0.342 e. The van der Waals surface area contributed by atoms with Crippen LogP contribution in [0, 0.1) is 11.8 Å². The second-order valence-electron chi connectivity index (χ2n) is 8.35. The van der Waals surface area contributed by atoms with Gasteiger partial charge in [0.15, 0.2) is 0 Å². The number of hydrogen-bond acceptors (Lipinski definition) is 2. The Morgan fingerprint density at radius 1 is 1.00 bits per heavy atom. The first-order valence-electron chi connectivity index (χ1n) is 10.9. The van der Waals surface area contributed by atoms with Gasteiger partial charge in [0.2, 0.25) is 11.8 Å². The van der Waals surface area contributed by atoms with E-state index < -0.39 is 0 Å². The Labute approximate surface area is 173 Å². The Balaban J connectivity index is 1.34. The van der Waals surface area contributed by atoms with Gasteiger partial charge in [0, 0.05) is 31.7 Å². The van der Waals surface area contributed by atoms with Crippen LogP contribution in [0.5, 0.6) is 0 Å². The van der Waals surface area contributed by atoms with Gasteiger partial charge in [-0.25, -0.2) is 0 Å². The standard InChI is InChI=1S/C25H30N2O2/c1-2-21-10-6-7-11-23(21)27-18-22(17-24(27)28)25(29)26-14-12-20(13-15-26)16-19-8-4-3-5-9-19/h3-11,20,22H,2,12-18H2,1H3. The third kappa shape index (κ3) is 4.36. The molecule has 0 aliphatic carbocycles. The van der Waals surface area contributed by atoms with E-state index in [1.54, 1.807) is 0 Å². The summed E-state index contributed by atoms with van der Waals surface area (Å²) in [5, 5.41) is 0. The minimum atomic E-state index is -0.210. The molecule has 2 aliphatic heterocycles. The summed E-state index contributed by atoms with van der Waals surface area (Å²) in [5.41, 5.74) is 3.51. The quantitative estimate of drug-likeness (QED) is 0.772. The molecule has 0 spiro atoms. The number of carbonyl (C=O) groups excluding carboxylic acids is 2. The van der Waals surface area contributed by atoms with Gasteiger partial charge in [0.05, 0.1) is 5.92 Å². The van der Waals surface area contributed by atoms with Crippen molar-refractivity contribution in [3.63, 3.8) is 0 Å². The molecule has 4 heteroatoms. The molecule has 2 heterocycles. The number of anilines is 1.